The van der Waals surface area contributed by atoms with Gasteiger partial charge in [0.25, 0.3) is 10.0 Å². The molecule has 5 nitrogen and oxygen atoms in total. The molecule has 0 amide bonds. The highest BCUT2D eigenvalue weighted by Crippen LogP contribution is 2.23. The van der Waals surface area contributed by atoms with Crippen molar-refractivity contribution in [2.45, 2.75) is 38.5 Å². The molecule has 2 aromatic rings. The van der Waals surface area contributed by atoms with Gasteiger partial charge in [0, 0.05) is 5.56 Å². The molecule has 0 saturated heterocycles. The fraction of sp³-hybridized carbons (Fsp3) is 0.357. The highest BCUT2D eigenvalue weighted by Gasteiger charge is 2.19. The van der Waals surface area contributed by atoms with Crippen LogP contribution in [-0.4, -0.2) is 13.6 Å². The first-order chi connectivity index (χ1) is 9.31. The van der Waals surface area contributed by atoms with Gasteiger partial charge < -0.3 is 4.52 Å². The van der Waals surface area contributed by atoms with E-state index in [0.717, 1.165) is 5.56 Å². The van der Waals surface area contributed by atoms with Gasteiger partial charge in [0.1, 0.15) is 0 Å². The SMILES string of the molecule is Cc1noc(NS(=O)(=O)c2ccc(C(C)C)cc2)c1C. The van der Waals surface area contributed by atoms with Gasteiger partial charge in [-0.25, -0.2) is 13.1 Å². The molecule has 0 aliphatic heterocycles. The first-order valence-electron chi connectivity index (χ1n) is 6.37. The smallest absolute Gasteiger partial charge is 0.264 e. The van der Waals surface area contributed by atoms with Crippen LogP contribution < -0.4 is 4.72 Å². The molecule has 1 heterocycles. The van der Waals surface area contributed by atoms with Crippen LogP contribution in [0.3, 0.4) is 0 Å². The Morgan fingerprint density at radius 2 is 1.75 bits per heavy atom. The van der Waals surface area contributed by atoms with Crippen LogP contribution in [0.15, 0.2) is 33.7 Å². The molecule has 0 radical (unpaired) electrons. The Balaban J connectivity index is 2.28. The zero-order chi connectivity index (χ0) is 14.9. The molecule has 0 unspecified atom stereocenters. The minimum Gasteiger partial charge on any atom is -0.337 e. The van der Waals surface area contributed by atoms with Crippen LogP contribution in [0.5, 0.6) is 0 Å². The Kier molecular flexibility index (Phi) is 3.85. The standard InChI is InChI=1S/C14H18N2O3S/c1-9(2)12-5-7-13(8-6-12)20(17,18)16-14-10(3)11(4)15-19-14/h5-9,16H,1-4H3. The second-order valence-electron chi connectivity index (χ2n) is 5.05. The number of benzene rings is 1. The van der Waals surface area contributed by atoms with E-state index in [-0.39, 0.29) is 10.8 Å². The van der Waals surface area contributed by atoms with Crippen LogP contribution in [-0.2, 0) is 10.0 Å². The molecule has 0 saturated carbocycles. The lowest BCUT2D eigenvalue weighted by atomic mass is 10.0. The Morgan fingerprint density at radius 3 is 2.20 bits per heavy atom. The van der Waals surface area contributed by atoms with Gasteiger partial charge in [0.15, 0.2) is 0 Å². The summed E-state index contributed by atoms with van der Waals surface area (Å²) in [6.07, 6.45) is 0. The lowest BCUT2D eigenvalue weighted by molar-refractivity contribution is 0.430. The molecule has 0 fully saturated rings. The summed E-state index contributed by atoms with van der Waals surface area (Å²) in [6.45, 7) is 7.63. The molecule has 0 aliphatic carbocycles. The summed E-state index contributed by atoms with van der Waals surface area (Å²) in [5.74, 6) is 0.523. The lowest BCUT2D eigenvalue weighted by Gasteiger charge is -2.08. The summed E-state index contributed by atoms with van der Waals surface area (Å²) in [5.41, 5.74) is 2.45. The van der Waals surface area contributed by atoms with Crippen molar-refractivity contribution in [2.24, 2.45) is 0 Å². The molecule has 20 heavy (non-hydrogen) atoms. The van der Waals surface area contributed by atoms with E-state index in [1.165, 1.54) is 0 Å². The maximum atomic E-state index is 12.2. The number of nitrogens with one attached hydrogen (secondary N) is 1. The van der Waals surface area contributed by atoms with Crippen molar-refractivity contribution in [3.05, 3.63) is 41.1 Å². The van der Waals surface area contributed by atoms with Crippen molar-refractivity contribution < 1.29 is 12.9 Å². The normalized spacial score (nSPS) is 11.8. The zero-order valence-corrected chi connectivity index (χ0v) is 12.8. The summed E-state index contributed by atoms with van der Waals surface area (Å²) >= 11 is 0. The van der Waals surface area contributed by atoms with Crippen LogP contribution in [0.2, 0.25) is 0 Å². The number of hydrogen-bond donors (Lipinski definition) is 1. The summed E-state index contributed by atoms with van der Waals surface area (Å²) < 4.78 is 31.9. The van der Waals surface area contributed by atoms with Gasteiger partial charge in [-0.3, -0.25) is 0 Å². The van der Waals surface area contributed by atoms with E-state index in [1.807, 2.05) is 12.1 Å². The van der Waals surface area contributed by atoms with Crippen molar-refractivity contribution in [3.8, 4) is 0 Å². The Morgan fingerprint density at radius 1 is 1.15 bits per heavy atom. The number of sulfonamides is 1. The van der Waals surface area contributed by atoms with Gasteiger partial charge in [-0.1, -0.05) is 31.1 Å². The molecule has 0 aliphatic rings. The van der Waals surface area contributed by atoms with Crippen molar-refractivity contribution >= 4 is 15.9 Å². The first-order valence-corrected chi connectivity index (χ1v) is 7.85. The van der Waals surface area contributed by atoms with Crippen LogP contribution in [0.25, 0.3) is 0 Å². The minimum absolute atomic E-state index is 0.162. The Hall–Kier alpha value is -1.82. The third-order valence-corrected chi connectivity index (χ3v) is 4.59. The summed E-state index contributed by atoms with van der Waals surface area (Å²) in [4.78, 5) is 0.204. The van der Waals surface area contributed by atoms with Crippen LogP contribution in [0.4, 0.5) is 5.88 Å². The van der Waals surface area contributed by atoms with Gasteiger partial charge in [-0.05, 0) is 37.5 Å². The Labute approximate surface area is 119 Å². The average Bonchev–Trinajstić information content (AvgIpc) is 2.70. The third kappa shape index (κ3) is 2.85. The molecular weight excluding hydrogens is 276 g/mol. The Bertz CT molecular complexity index is 701. The summed E-state index contributed by atoms with van der Waals surface area (Å²) in [7, 11) is -3.65. The maximum Gasteiger partial charge on any atom is 0.264 e. The molecule has 108 valence electrons. The van der Waals surface area contributed by atoms with E-state index in [0.29, 0.717) is 17.2 Å². The molecular formula is C14H18N2O3S. The van der Waals surface area contributed by atoms with Gasteiger partial charge in [-0.15, -0.1) is 0 Å². The van der Waals surface area contributed by atoms with Crippen molar-refractivity contribution in [2.75, 3.05) is 4.72 Å². The molecule has 6 heteroatoms. The van der Waals surface area contributed by atoms with Gasteiger partial charge in [0.05, 0.1) is 10.6 Å². The van der Waals surface area contributed by atoms with E-state index >= 15 is 0 Å². The molecule has 0 bridgehead atoms. The van der Waals surface area contributed by atoms with E-state index in [9.17, 15) is 8.42 Å². The van der Waals surface area contributed by atoms with Gasteiger partial charge in [-0.2, -0.15) is 0 Å². The predicted molar refractivity (Wildman–Crippen MR) is 77.3 cm³/mol. The van der Waals surface area contributed by atoms with Crippen LogP contribution >= 0.6 is 0 Å². The molecule has 2 rings (SSSR count). The number of rotatable bonds is 4. The number of anilines is 1. The number of aryl methyl sites for hydroxylation is 1. The van der Waals surface area contributed by atoms with E-state index in [4.69, 9.17) is 4.52 Å². The second kappa shape index (κ2) is 5.28. The zero-order valence-electron chi connectivity index (χ0n) is 12.0. The third-order valence-electron chi connectivity index (χ3n) is 3.24. The lowest BCUT2D eigenvalue weighted by Crippen LogP contribution is -2.13. The second-order valence-corrected chi connectivity index (χ2v) is 6.73. The van der Waals surface area contributed by atoms with Gasteiger partial charge in [0.2, 0.25) is 5.88 Å². The van der Waals surface area contributed by atoms with Crippen LogP contribution in [0.1, 0.15) is 36.6 Å². The van der Waals surface area contributed by atoms with Crippen molar-refractivity contribution in [3.63, 3.8) is 0 Å². The van der Waals surface area contributed by atoms with Crippen molar-refractivity contribution in [1.82, 2.24) is 5.16 Å². The molecule has 1 N–H and O–H groups in total. The quantitative estimate of drug-likeness (QED) is 0.939. The fourth-order valence-corrected chi connectivity index (χ4v) is 2.77. The molecule has 0 atom stereocenters. The topological polar surface area (TPSA) is 72.2 Å². The molecule has 0 spiro atoms. The maximum absolute atomic E-state index is 12.2. The highest BCUT2D eigenvalue weighted by atomic mass is 32.2. The summed E-state index contributed by atoms with van der Waals surface area (Å²) in [5, 5.41) is 3.73. The van der Waals surface area contributed by atoms with E-state index in [2.05, 4.69) is 23.7 Å². The molecule has 1 aromatic carbocycles. The molecule has 1 aromatic heterocycles. The highest BCUT2D eigenvalue weighted by molar-refractivity contribution is 7.92. The van der Waals surface area contributed by atoms with Crippen LogP contribution in [0, 0.1) is 13.8 Å². The van der Waals surface area contributed by atoms with E-state index < -0.39 is 10.0 Å². The average molecular weight is 294 g/mol. The van der Waals surface area contributed by atoms with E-state index in [1.54, 1.807) is 26.0 Å². The number of hydrogen-bond acceptors (Lipinski definition) is 4. The fourth-order valence-electron chi connectivity index (χ4n) is 1.72. The largest absolute Gasteiger partial charge is 0.337 e. The van der Waals surface area contributed by atoms with Crippen molar-refractivity contribution in [1.29, 1.82) is 0 Å². The monoisotopic (exact) mass is 294 g/mol. The number of aromatic nitrogens is 1. The van der Waals surface area contributed by atoms with Gasteiger partial charge >= 0.3 is 0 Å². The first kappa shape index (κ1) is 14.6. The number of nitrogens with zero attached hydrogens (tertiary/aromatic N) is 1. The predicted octanol–water partition coefficient (Wildman–Crippen LogP) is 3.22. The summed E-state index contributed by atoms with van der Waals surface area (Å²) in [6, 6.07) is 6.82. The minimum atomic E-state index is -3.65.